The zero-order chi connectivity index (χ0) is 12.8. The van der Waals surface area contributed by atoms with Gasteiger partial charge in [-0.25, -0.2) is 4.98 Å². The second-order valence-corrected chi connectivity index (χ2v) is 4.32. The smallest absolute Gasteiger partial charge is 0.150 e. The SMILES string of the molecule is CCc1nc(CCCNc2ccccc2)n(C)n1. The number of hydrogen-bond donors (Lipinski definition) is 1. The lowest BCUT2D eigenvalue weighted by Gasteiger charge is -2.05. The molecule has 0 saturated heterocycles. The fourth-order valence-corrected chi connectivity index (χ4v) is 1.88. The highest BCUT2D eigenvalue weighted by molar-refractivity contribution is 5.42. The van der Waals surface area contributed by atoms with Crippen molar-refractivity contribution in [2.75, 3.05) is 11.9 Å². The van der Waals surface area contributed by atoms with E-state index in [2.05, 4.69) is 34.5 Å². The zero-order valence-corrected chi connectivity index (χ0v) is 11.1. The Hall–Kier alpha value is -1.84. The first kappa shape index (κ1) is 12.6. The van der Waals surface area contributed by atoms with Gasteiger partial charge in [0.1, 0.15) is 5.82 Å². The maximum Gasteiger partial charge on any atom is 0.150 e. The van der Waals surface area contributed by atoms with Crippen molar-refractivity contribution >= 4 is 5.69 Å². The summed E-state index contributed by atoms with van der Waals surface area (Å²) in [4.78, 5) is 4.50. The molecule has 0 atom stereocenters. The standard InChI is InChI=1S/C14H20N4/c1-3-13-16-14(18(2)17-13)10-7-11-15-12-8-5-4-6-9-12/h4-6,8-9,15H,3,7,10-11H2,1-2H3. The molecule has 0 unspecified atom stereocenters. The predicted molar refractivity (Wildman–Crippen MR) is 73.6 cm³/mol. The predicted octanol–water partition coefficient (Wildman–Crippen LogP) is 2.42. The van der Waals surface area contributed by atoms with Gasteiger partial charge < -0.3 is 5.32 Å². The molecular weight excluding hydrogens is 224 g/mol. The van der Waals surface area contributed by atoms with Crippen molar-refractivity contribution in [2.24, 2.45) is 7.05 Å². The van der Waals surface area contributed by atoms with Gasteiger partial charge in [-0.3, -0.25) is 4.68 Å². The minimum Gasteiger partial charge on any atom is -0.385 e. The van der Waals surface area contributed by atoms with Crippen molar-refractivity contribution in [1.82, 2.24) is 14.8 Å². The van der Waals surface area contributed by atoms with E-state index in [4.69, 9.17) is 0 Å². The molecule has 1 aromatic heterocycles. The van der Waals surface area contributed by atoms with Crippen molar-refractivity contribution in [3.05, 3.63) is 42.0 Å². The first-order valence-corrected chi connectivity index (χ1v) is 6.47. The van der Waals surface area contributed by atoms with Gasteiger partial charge in [-0.15, -0.1) is 0 Å². The Kier molecular flexibility index (Phi) is 4.34. The molecule has 0 saturated carbocycles. The Morgan fingerprint density at radius 1 is 1.22 bits per heavy atom. The number of aromatic nitrogens is 3. The summed E-state index contributed by atoms with van der Waals surface area (Å²) in [5.74, 6) is 2.00. The van der Waals surface area contributed by atoms with Gasteiger partial charge in [0.2, 0.25) is 0 Å². The molecule has 0 aliphatic heterocycles. The van der Waals surface area contributed by atoms with Crippen molar-refractivity contribution in [3.8, 4) is 0 Å². The van der Waals surface area contributed by atoms with Gasteiger partial charge in [-0.05, 0) is 18.6 Å². The fraction of sp³-hybridized carbons (Fsp3) is 0.429. The first-order chi connectivity index (χ1) is 8.79. The van der Waals surface area contributed by atoms with Crippen molar-refractivity contribution < 1.29 is 0 Å². The molecule has 0 radical (unpaired) electrons. The van der Waals surface area contributed by atoms with Crippen molar-refractivity contribution in [1.29, 1.82) is 0 Å². The van der Waals surface area contributed by atoms with Gasteiger partial charge in [0.05, 0.1) is 0 Å². The molecule has 2 rings (SSSR count). The molecule has 0 fully saturated rings. The lowest BCUT2D eigenvalue weighted by atomic mass is 10.2. The molecule has 1 N–H and O–H groups in total. The van der Waals surface area contributed by atoms with Crippen LogP contribution in [-0.2, 0) is 19.9 Å². The van der Waals surface area contributed by atoms with Crippen LogP contribution in [0, 0.1) is 0 Å². The summed E-state index contributed by atoms with van der Waals surface area (Å²) in [5, 5.41) is 7.75. The minimum absolute atomic E-state index is 0.899. The van der Waals surface area contributed by atoms with Crippen LogP contribution in [0.4, 0.5) is 5.69 Å². The van der Waals surface area contributed by atoms with E-state index in [1.165, 1.54) is 5.69 Å². The van der Waals surface area contributed by atoms with Crippen LogP contribution in [0.3, 0.4) is 0 Å². The number of hydrogen-bond acceptors (Lipinski definition) is 3. The van der Waals surface area contributed by atoms with Crippen molar-refractivity contribution in [2.45, 2.75) is 26.2 Å². The number of anilines is 1. The number of benzene rings is 1. The van der Waals surface area contributed by atoms with Gasteiger partial charge in [0, 0.05) is 32.1 Å². The number of nitrogens with zero attached hydrogens (tertiary/aromatic N) is 3. The van der Waals surface area contributed by atoms with E-state index in [1.807, 2.05) is 29.9 Å². The second kappa shape index (κ2) is 6.19. The highest BCUT2D eigenvalue weighted by atomic mass is 15.3. The molecule has 0 bridgehead atoms. The Balaban J connectivity index is 1.76. The van der Waals surface area contributed by atoms with Crippen LogP contribution in [-0.4, -0.2) is 21.3 Å². The topological polar surface area (TPSA) is 42.7 Å². The van der Waals surface area contributed by atoms with E-state index >= 15 is 0 Å². The Morgan fingerprint density at radius 2 is 2.00 bits per heavy atom. The largest absolute Gasteiger partial charge is 0.385 e. The zero-order valence-electron chi connectivity index (χ0n) is 11.1. The van der Waals surface area contributed by atoms with E-state index in [1.54, 1.807) is 0 Å². The van der Waals surface area contributed by atoms with Gasteiger partial charge >= 0.3 is 0 Å². The minimum atomic E-state index is 0.899. The number of para-hydroxylation sites is 1. The van der Waals surface area contributed by atoms with Crippen LogP contribution in [0.5, 0.6) is 0 Å². The van der Waals surface area contributed by atoms with E-state index in [0.717, 1.165) is 37.5 Å². The third-order valence-corrected chi connectivity index (χ3v) is 2.89. The molecule has 4 nitrogen and oxygen atoms in total. The molecule has 2 aromatic rings. The highest BCUT2D eigenvalue weighted by Crippen LogP contribution is 2.06. The number of aryl methyl sites for hydroxylation is 3. The highest BCUT2D eigenvalue weighted by Gasteiger charge is 2.04. The number of rotatable bonds is 6. The molecule has 0 aliphatic carbocycles. The molecule has 0 amide bonds. The molecular formula is C14H20N4. The first-order valence-electron chi connectivity index (χ1n) is 6.47. The van der Waals surface area contributed by atoms with E-state index in [0.29, 0.717) is 0 Å². The average molecular weight is 244 g/mol. The summed E-state index contributed by atoms with van der Waals surface area (Å²) in [6.07, 6.45) is 2.92. The summed E-state index contributed by atoms with van der Waals surface area (Å²) >= 11 is 0. The van der Waals surface area contributed by atoms with Gasteiger partial charge in [-0.2, -0.15) is 5.10 Å². The van der Waals surface area contributed by atoms with Crippen LogP contribution in [0.1, 0.15) is 25.0 Å². The van der Waals surface area contributed by atoms with E-state index in [9.17, 15) is 0 Å². The van der Waals surface area contributed by atoms with Crippen molar-refractivity contribution in [3.63, 3.8) is 0 Å². The Morgan fingerprint density at radius 3 is 2.67 bits per heavy atom. The fourth-order valence-electron chi connectivity index (χ4n) is 1.88. The summed E-state index contributed by atoms with van der Waals surface area (Å²) in [5.41, 5.74) is 1.17. The summed E-state index contributed by atoms with van der Waals surface area (Å²) in [6.45, 7) is 3.04. The average Bonchev–Trinajstić information content (AvgIpc) is 2.77. The van der Waals surface area contributed by atoms with Gasteiger partial charge in [0.15, 0.2) is 5.82 Å². The quantitative estimate of drug-likeness (QED) is 0.794. The van der Waals surface area contributed by atoms with Gasteiger partial charge in [-0.1, -0.05) is 25.1 Å². The molecule has 96 valence electrons. The van der Waals surface area contributed by atoms with Gasteiger partial charge in [0.25, 0.3) is 0 Å². The summed E-state index contributed by atoms with van der Waals surface area (Å²) in [6, 6.07) is 10.3. The third kappa shape index (κ3) is 3.32. The summed E-state index contributed by atoms with van der Waals surface area (Å²) < 4.78 is 1.89. The monoisotopic (exact) mass is 244 g/mol. The van der Waals surface area contributed by atoms with Crippen LogP contribution >= 0.6 is 0 Å². The molecule has 1 aromatic carbocycles. The third-order valence-electron chi connectivity index (χ3n) is 2.89. The van der Waals surface area contributed by atoms with Crippen LogP contribution in [0.2, 0.25) is 0 Å². The maximum atomic E-state index is 4.50. The molecule has 1 heterocycles. The lowest BCUT2D eigenvalue weighted by Crippen LogP contribution is -2.06. The molecule has 0 spiro atoms. The van der Waals surface area contributed by atoms with Crippen LogP contribution < -0.4 is 5.32 Å². The van der Waals surface area contributed by atoms with E-state index < -0.39 is 0 Å². The maximum absolute atomic E-state index is 4.50. The molecule has 0 aliphatic rings. The Labute approximate surface area is 108 Å². The Bertz CT molecular complexity index is 476. The van der Waals surface area contributed by atoms with Crippen LogP contribution in [0.15, 0.2) is 30.3 Å². The summed E-state index contributed by atoms with van der Waals surface area (Å²) in [7, 11) is 1.96. The van der Waals surface area contributed by atoms with Crippen LogP contribution in [0.25, 0.3) is 0 Å². The number of nitrogens with one attached hydrogen (secondary N) is 1. The molecule has 4 heteroatoms. The van der Waals surface area contributed by atoms with E-state index in [-0.39, 0.29) is 0 Å². The molecule has 18 heavy (non-hydrogen) atoms. The lowest BCUT2D eigenvalue weighted by molar-refractivity contribution is 0.675. The second-order valence-electron chi connectivity index (χ2n) is 4.32. The normalized spacial score (nSPS) is 10.6.